The van der Waals surface area contributed by atoms with Crippen molar-refractivity contribution in [1.29, 1.82) is 0 Å². The normalized spacial score (nSPS) is 15.6. The summed E-state index contributed by atoms with van der Waals surface area (Å²) in [5, 5.41) is 13.7. The van der Waals surface area contributed by atoms with Crippen molar-refractivity contribution in [2.75, 3.05) is 4.90 Å². The van der Waals surface area contributed by atoms with Gasteiger partial charge in [0.2, 0.25) is 5.76 Å². The number of nitro benzene ring substituents is 1. The number of hydrogen-bond acceptors (Lipinski definition) is 7. The number of carbonyl (C=O) groups excluding carboxylic acids is 1. The quantitative estimate of drug-likeness (QED) is 0.309. The number of hydrogen-bond donors (Lipinski definition) is 0. The van der Waals surface area contributed by atoms with Crippen molar-refractivity contribution in [1.82, 2.24) is 4.98 Å². The number of carbonyl (C=O) groups is 1. The highest BCUT2D eigenvalue weighted by Crippen LogP contribution is 2.42. The van der Waals surface area contributed by atoms with Crippen LogP contribution in [0.3, 0.4) is 0 Å². The summed E-state index contributed by atoms with van der Waals surface area (Å²) in [4.78, 5) is 43.1. The number of nitro groups is 1. The molecule has 8 nitrogen and oxygen atoms in total. The lowest BCUT2D eigenvalue weighted by atomic mass is 9.98. The van der Waals surface area contributed by atoms with Gasteiger partial charge in [0.1, 0.15) is 5.58 Å². The van der Waals surface area contributed by atoms with E-state index >= 15 is 0 Å². The molecule has 1 atom stereocenters. The summed E-state index contributed by atoms with van der Waals surface area (Å²) in [6, 6.07) is 9.95. The van der Waals surface area contributed by atoms with Gasteiger partial charge in [-0.1, -0.05) is 28.1 Å². The molecule has 1 aliphatic heterocycles. The van der Waals surface area contributed by atoms with Gasteiger partial charge in [0.05, 0.1) is 21.9 Å². The molecule has 148 valence electrons. The van der Waals surface area contributed by atoms with Gasteiger partial charge in [-0.15, -0.1) is 11.3 Å². The predicted molar refractivity (Wildman–Crippen MR) is 114 cm³/mol. The van der Waals surface area contributed by atoms with Crippen molar-refractivity contribution in [3.8, 4) is 0 Å². The fourth-order valence-corrected chi connectivity index (χ4v) is 4.63. The zero-order valence-electron chi connectivity index (χ0n) is 14.9. The van der Waals surface area contributed by atoms with Crippen LogP contribution in [0.4, 0.5) is 10.8 Å². The second kappa shape index (κ2) is 6.85. The molecule has 2 aromatic carbocycles. The van der Waals surface area contributed by atoms with Crippen molar-refractivity contribution in [3.63, 3.8) is 0 Å². The molecule has 1 amide bonds. The molecule has 0 fully saturated rings. The number of fused-ring (bicyclic) bond motifs is 2. The van der Waals surface area contributed by atoms with Crippen LogP contribution < -0.4 is 10.3 Å². The largest absolute Gasteiger partial charge is 0.450 e. The third-order valence-electron chi connectivity index (χ3n) is 4.85. The number of nitrogens with zero attached hydrogens (tertiary/aromatic N) is 3. The average molecular weight is 484 g/mol. The van der Waals surface area contributed by atoms with Gasteiger partial charge in [-0.05, 0) is 23.8 Å². The molecule has 30 heavy (non-hydrogen) atoms. The zero-order valence-corrected chi connectivity index (χ0v) is 17.3. The van der Waals surface area contributed by atoms with Crippen LogP contribution in [0.1, 0.15) is 27.7 Å². The van der Waals surface area contributed by atoms with Crippen LogP contribution in [-0.4, -0.2) is 15.8 Å². The summed E-state index contributed by atoms with van der Waals surface area (Å²) in [5.74, 6) is -0.597. The third-order valence-corrected chi connectivity index (χ3v) is 6.12. The van der Waals surface area contributed by atoms with Crippen molar-refractivity contribution in [3.05, 3.63) is 95.7 Å². The molecular weight excluding hydrogens is 474 g/mol. The van der Waals surface area contributed by atoms with E-state index in [1.807, 2.05) is 0 Å². The van der Waals surface area contributed by atoms with Crippen LogP contribution in [0.5, 0.6) is 0 Å². The van der Waals surface area contributed by atoms with Crippen molar-refractivity contribution in [2.45, 2.75) is 6.04 Å². The fourth-order valence-electron chi connectivity index (χ4n) is 3.60. The summed E-state index contributed by atoms with van der Waals surface area (Å²) in [5.41, 5.74) is 0.348. The summed E-state index contributed by atoms with van der Waals surface area (Å²) < 4.78 is 6.53. The Morgan fingerprint density at radius 1 is 1.20 bits per heavy atom. The highest BCUT2D eigenvalue weighted by Gasteiger charge is 2.45. The van der Waals surface area contributed by atoms with Gasteiger partial charge in [-0.2, -0.15) is 0 Å². The lowest BCUT2D eigenvalue weighted by molar-refractivity contribution is -0.384. The summed E-state index contributed by atoms with van der Waals surface area (Å²) in [7, 11) is 0. The number of amides is 1. The summed E-state index contributed by atoms with van der Waals surface area (Å²) in [6.45, 7) is 0. The number of rotatable bonds is 3. The first-order valence-electron chi connectivity index (χ1n) is 8.69. The number of non-ortho nitro benzene ring substituents is 1. The standard InChI is InChI=1S/C20H10BrN3O5S/c21-11-4-5-14-13(9-11)17(25)15-16(10-2-1-3-12(8-10)24(27)28)23(19(26)18(15)29-14)20-22-6-7-30-20/h1-9,16H/t16-/m1/s1. The van der Waals surface area contributed by atoms with Crippen LogP contribution in [0.25, 0.3) is 11.0 Å². The van der Waals surface area contributed by atoms with E-state index < -0.39 is 16.9 Å². The molecule has 5 rings (SSSR count). The number of anilines is 1. The Bertz CT molecular complexity index is 1400. The van der Waals surface area contributed by atoms with E-state index in [4.69, 9.17) is 4.42 Å². The molecule has 4 aromatic rings. The Morgan fingerprint density at radius 2 is 2.03 bits per heavy atom. The first-order valence-corrected chi connectivity index (χ1v) is 10.4. The minimum absolute atomic E-state index is 0.0819. The molecule has 0 spiro atoms. The highest BCUT2D eigenvalue weighted by molar-refractivity contribution is 9.10. The Morgan fingerprint density at radius 3 is 2.77 bits per heavy atom. The van der Waals surface area contributed by atoms with E-state index in [9.17, 15) is 19.7 Å². The Kier molecular flexibility index (Phi) is 4.26. The highest BCUT2D eigenvalue weighted by atomic mass is 79.9. The third kappa shape index (κ3) is 2.76. The van der Waals surface area contributed by atoms with E-state index in [1.54, 1.807) is 35.8 Å². The van der Waals surface area contributed by atoms with Crippen LogP contribution in [0, 0.1) is 10.1 Å². The first kappa shape index (κ1) is 18.6. The lowest BCUT2D eigenvalue weighted by Crippen LogP contribution is -2.29. The molecule has 3 heterocycles. The average Bonchev–Trinajstić information content (AvgIpc) is 3.35. The minimum atomic E-state index is -0.891. The fraction of sp³-hybridized carbons (Fsp3) is 0.0500. The molecule has 0 radical (unpaired) electrons. The minimum Gasteiger partial charge on any atom is -0.450 e. The van der Waals surface area contributed by atoms with Crippen LogP contribution in [-0.2, 0) is 0 Å². The Labute approximate surface area is 180 Å². The van der Waals surface area contributed by atoms with Crippen LogP contribution >= 0.6 is 27.3 Å². The topological polar surface area (TPSA) is 107 Å². The number of aromatic nitrogens is 1. The first-order chi connectivity index (χ1) is 14.5. The number of halogens is 1. The van der Waals surface area contributed by atoms with Gasteiger partial charge in [-0.3, -0.25) is 24.6 Å². The van der Waals surface area contributed by atoms with Crippen molar-refractivity contribution >= 4 is 55.0 Å². The van der Waals surface area contributed by atoms with E-state index in [1.165, 1.54) is 34.4 Å². The number of thiazole rings is 1. The molecule has 0 saturated heterocycles. The molecule has 0 N–H and O–H groups in total. The SMILES string of the molecule is O=C1c2oc3ccc(Br)cc3c(=O)c2[C@@H](c2cccc([N+](=O)[O-])c2)N1c1nccs1. The van der Waals surface area contributed by atoms with Crippen LogP contribution in [0.15, 0.2) is 67.7 Å². The molecule has 0 aliphatic carbocycles. The number of benzene rings is 2. The van der Waals surface area contributed by atoms with Gasteiger partial charge >= 0.3 is 0 Å². The van der Waals surface area contributed by atoms with E-state index in [0.717, 1.165) is 0 Å². The van der Waals surface area contributed by atoms with Crippen molar-refractivity contribution < 1.29 is 14.1 Å². The molecule has 1 aliphatic rings. The van der Waals surface area contributed by atoms with Gasteiger partial charge < -0.3 is 4.42 Å². The zero-order chi connectivity index (χ0) is 21.0. The van der Waals surface area contributed by atoms with Gasteiger partial charge in [0.15, 0.2) is 10.6 Å². The van der Waals surface area contributed by atoms with E-state index in [0.29, 0.717) is 20.6 Å². The van der Waals surface area contributed by atoms with Gasteiger partial charge in [-0.25, -0.2) is 4.98 Å². The predicted octanol–water partition coefficient (Wildman–Crippen LogP) is 4.67. The molecular formula is C20H10BrN3O5S. The maximum Gasteiger partial charge on any atom is 0.297 e. The van der Waals surface area contributed by atoms with Gasteiger partial charge in [0.25, 0.3) is 11.6 Å². The summed E-state index contributed by atoms with van der Waals surface area (Å²) in [6.07, 6.45) is 1.55. The monoisotopic (exact) mass is 483 g/mol. The maximum atomic E-state index is 13.4. The van der Waals surface area contributed by atoms with E-state index in [2.05, 4.69) is 20.9 Å². The summed E-state index contributed by atoms with van der Waals surface area (Å²) >= 11 is 4.57. The van der Waals surface area contributed by atoms with Crippen molar-refractivity contribution in [2.24, 2.45) is 0 Å². The van der Waals surface area contributed by atoms with E-state index in [-0.39, 0.29) is 28.0 Å². The van der Waals surface area contributed by atoms with Gasteiger partial charge in [0, 0.05) is 28.2 Å². The smallest absolute Gasteiger partial charge is 0.297 e. The molecule has 0 unspecified atom stereocenters. The molecule has 10 heteroatoms. The Balaban J connectivity index is 1.83. The lowest BCUT2D eigenvalue weighted by Gasteiger charge is -2.22. The Hall–Kier alpha value is -3.37. The molecule has 0 bridgehead atoms. The molecule has 0 saturated carbocycles. The molecule has 2 aromatic heterocycles. The maximum absolute atomic E-state index is 13.4. The second-order valence-corrected chi connectivity index (χ2v) is 8.35. The second-order valence-electron chi connectivity index (χ2n) is 6.56. The van der Waals surface area contributed by atoms with Crippen LogP contribution in [0.2, 0.25) is 0 Å².